The number of anilines is 1. The third-order valence-electron chi connectivity index (χ3n) is 4.64. The zero-order chi connectivity index (χ0) is 16.6. The number of allylic oxidation sites excluding steroid dienone is 2. The summed E-state index contributed by atoms with van der Waals surface area (Å²) in [5, 5.41) is 12.1. The number of carbonyl (C=O) groups is 3. The third kappa shape index (κ3) is 2.60. The predicted molar refractivity (Wildman–Crippen MR) is 81.8 cm³/mol. The molecule has 1 amide bonds. The molecule has 4 unspecified atom stereocenters. The van der Waals surface area contributed by atoms with E-state index in [1.54, 1.807) is 24.3 Å². The molecule has 0 aliphatic heterocycles. The fraction of sp³-hybridized carbons (Fsp3) is 0.353. The number of aliphatic carboxylic acids is 1. The summed E-state index contributed by atoms with van der Waals surface area (Å²) in [5.41, 5.74) is 0.578. The fourth-order valence-electron chi connectivity index (χ4n) is 3.61. The average Bonchev–Trinajstić information content (AvgIpc) is 3.15. The number of benzene rings is 1. The number of nitrogens with one attached hydrogen (secondary N) is 1. The minimum atomic E-state index is -0.955. The zero-order valence-electron chi connectivity index (χ0n) is 12.6. The number of carboxylic acid groups (broad SMARTS) is 1. The molecule has 0 aromatic heterocycles. The molecule has 0 heterocycles. The van der Waals surface area contributed by atoms with Crippen molar-refractivity contribution < 1.29 is 24.2 Å². The second-order valence-corrected chi connectivity index (χ2v) is 5.86. The van der Waals surface area contributed by atoms with Crippen molar-refractivity contribution in [2.45, 2.75) is 6.42 Å². The van der Waals surface area contributed by atoms with E-state index in [2.05, 4.69) is 5.32 Å². The van der Waals surface area contributed by atoms with Gasteiger partial charge < -0.3 is 15.2 Å². The number of carbonyl (C=O) groups excluding carboxylic acids is 2. The summed E-state index contributed by atoms with van der Waals surface area (Å²) in [4.78, 5) is 35.9. The highest BCUT2D eigenvalue weighted by molar-refractivity contribution is 6.03. The number of ether oxygens (including phenoxy) is 1. The maximum absolute atomic E-state index is 12.6. The lowest BCUT2D eigenvalue weighted by atomic mass is 9.82. The molecule has 0 spiro atoms. The van der Waals surface area contributed by atoms with E-state index >= 15 is 0 Å². The smallest absolute Gasteiger partial charge is 0.339 e. The summed E-state index contributed by atoms with van der Waals surface area (Å²) >= 11 is 0. The van der Waals surface area contributed by atoms with Gasteiger partial charge in [-0.25, -0.2) is 4.79 Å². The van der Waals surface area contributed by atoms with E-state index in [1.807, 2.05) is 12.2 Å². The van der Waals surface area contributed by atoms with Gasteiger partial charge in [-0.3, -0.25) is 9.59 Å². The van der Waals surface area contributed by atoms with E-state index in [-0.39, 0.29) is 23.3 Å². The average molecular weight is 315 g/mol. The molecule has 120 valence electrons. The van der Waals surface area contributed by atoms with Crippen molar-refractivity contribution in [2.24, 2.45) is 23.7 Å². The summed E-state index contributed by atoms with van der Waals surface area (Å²) in [6, 6.07) is 6.51. The number of fused-ring (bicyclic) bond motifs is 2. The highest BCUT2D eigenvalue weighted by Crippen LogP contribution is 2.48. The van der Waals surface area contributed by atoms with E-state index in [0.717, 1.165) is 0 Å². The Morgan fingerprint density at radius 1 is 1.13 bits per heavy atom. The van der Waals surface area contributed by atoms with Crippen LogP contribution in [0.2, 0.25) is 0 Å². The number of amides is 1. The van der Waals surface area contributed by atoms with Gasteiger partial charge in [-0.1, -0.05) is 24.3 Å². The van der Waals surface area contributed by atoms with E-state index < -0.39 is 23.8 Å². The van der Waals surface area contributed by atoms with Crippen LogP contribution in [0.1, 0.15) is 16.8 Å². The van der Waals surface area contributed by atoms with Crippen molar-refractivity contribution in [3.8, 4) is 0 Å². The molecule has 1 aromatic rings. The van der Waals surface area contributed by atoms with Crippen LogP contribution >= 0.6 is 0 Å². The predicted octanol–water partition coefficient (Wildman–Crippen LogP) is 1.93. The first-order valence-electron chi connectivity index (χ1n) is 7.42. The molecule has 0 radical (unpaired) electrons. The molecule has 2 N–H and O–H groups in total. The van der Waals surface area contributed by atoms with Crippen LogP contribution < -0.4 is 5.32 Å². The molecule has 4 atom stereocenters. The molecule has 2 aliphatic carbocycles. The Hall–Kier alpha value is -2.63. The van der Waals surface area contributed by atoms with Crippen LogP contribution in [0.25, 0.3) is 0 Å². The van der Waals surface area contributed by atoms with Crippen LogP contribution in [0.4, 0.5) is 5.69 Å². The monoisotopic (exact) mass is 315 g/mol. The lowest BCUT2D eigenvalue weighted by molar-refractivity contribution is -0.146. The molecule has 6 heteroatoms. The van der Waals surface area contributed by atoms with Crippen LogP contribution in [0.15, 0.2) is 36.4 Å². The van der Waals surface area contributed by atoms with Gasteiger partial charge in [0.1, 0.15) is 0 Å². The van der Waals surface area contributed by atoms with Gasteiger partial charge in [-0.2, -0.15) is 0 Å². The molecule has 2 aliphatic rings. The molecule has 1 fully saturated rings. The summed E-state index contributed by atoms with van der Waals surface area (Å²) < 4.78 is 4.70. The van der Waals surface area contributed by atoms with Gasteiger partial charge in [0, 0.05) is 0 Å². The van der Waals surface area contributed by atoms with Crippen molar-refractivity contribution in [1.82, 2.24) is 0 Å². The summed E-state index contributed by atoms with van der Waals surface area (Å²) in [5.74, 6) is -3.36. The Bertz CT molecular complexity index is 696. The first kappa shape index (κ1) is 15.3. The van der Waals surface area contributed by atoms with Gasteiger partial charge in [0.05, 0.1) is 30.2 Å². The van der Waals surface area contributed by atoms with Crippen molar-refractivity contribution in [2.75, 3.05) is 12.4 Å². The van der Waals surface area contributed by atoms with Crippen molar-refractivity contribution in [3.63, 3.8) is 0 Å². The highest BCUT2D eigenvalue weighted by atomic mass is 16.5. The topological polar surface area (TPSA) is 92.7 Å². The quantitative estimate of drug-likeness (QED) is 0.654. The van der Waals surface area contributed by atoms with Gasteiger partial charge >= 0.3 is 11.9 Å². The van der Waals surface area contributed by atoms with Gasteiger partial charge in [0.25, 0.3) is 0 Å². The number of methoxy groups -OCH3 is 1. The lowest BCUT2D eigenvalue weighted by Crippen LogP contribution is -2.36. The van der Waals surface area contributed by atoms with Gasteiger partial charge in [-0.15, -0.1) is 0 Å². The third-order valence-corrected chi connectivity index (χ3v) is 4.64. The number of hydrogen-bond donors (Lipinski definition) is 2. The molecular formula is C17H17NO5. The highest BCUT2D eigenvalue weighted by Gasteiger charge is 2.51. The standard InChI is InChI=1S/C17H17NO5/c1-23-17(22)11-4-2-3-5-12(11)18-15(19)13-9-6-7-10(8-9)14(13)16(20)21/h2-7,9-10,13-14H,8H2,1H3,(H,18,19)(H,20,21). The van der Waals surface area contributed by atoms with Crippen molar-refractivity contribution in [3.05, 3.63) is 42.0 Å². The first-order valence-corrected chi connectivity index (χ1v) is 7.42. The maximum Gasteiger partial charge on any atom is 0.339 e. The maximum atomic E-state index is 12.6. The SMILES string of the molecule is COC(=O)c1ccccc1NC(=O)C1C2C=CC(C2)C1C(=O)O. The molecule has 2 bridgehead atoms. The number of rotatable bonds is 4. The van der Waals surface area contributed by atoms with Crippen LogP contribution in [0, 0.1) is 23.7 Å². The van der Waals surface area contributed by atoms with E-state index in [0.29, 0.717) is 12.1 Å². The van der Waals surface area contributed by atoms with Crippen LogP contribution in [-0.4, -0.2) is 30.1 Å². The Morgan fingerprint density at radius 3 is 2.43 bits per heavy atom. The van der Waals surface area contributed by atoms with Crippen molar-refractivity contribution in [1.29, 1.82) is 0 Å². The lowest BCUT2D eigenvalue weighted by Gasteiger charge is -2.24. The van der Waals surface area contributed by atoms with Gasteiger partial charge in [0.2, 0.25) is 5.91 Å². The Balaban J connectivity index is 1.84. The molecular weight excluding hydrogens is 298 g/mol. The molecule has 23 heavy (non-hydrogen) atoms. The number of esters is 1. The second-order valence-electron chi connectivity index (χ2n) is 5.86. The van der Waals surface area contributed by atoms with Crippen LogP contribution in [0.3, 0.4) is 0 Å². The normalized spacial score (nSPS) is 27.7. The second kappa shape index (κ2) is 5.87. The fourth-order valence-corrected chi connectivity index (χ4v) is 3.61. The van der Waals surface area contributed by atoms with Gasteiger partial charge in [-0.05, 0) is 30.4 Å². The number of carboxylic acids is 1. The van der Waals surface area contributed by atoms with E-state index in [1.165, 1.54) is 7.11 Å². The Labute approximate surface area is 133 Å². The van der Waals surface area contributed by atoms with Crippen LogP contribution in [-0.2, 0) is 14.3 Å². The minimum absolute atomic E-state index is 0.0635. The minimum Gasteiger partial charge on any atom is -0.481 e. The first-order chi connectivity index (χ1) is 11.0. The summed E-state index contributed by atoms with van der Waals surface area (Å²) in [6.07, 6.45) is 4.49. The number of para-hydroxylation sites is 1. The van der Waals surface area contributed by atoms with E-state index in [9.17, 15) is 19.5 Å². The molecule has 1 saturated carbocycles. The molecule has 0 saturated heterocycles. The van der Waals surface area contributed by atoms with E-state index in [4.69, 9.17) is 4.74 Å². The number of hydrogen-bond acceptors (Lipinski definition) is 4. The molecule has 1 aromatic carbocycles. The Morgan fingerprint density at radius 2 is 1.78 bits per heavy atom. The summed E-state index contributed by atoms with van der Waals surface area (Å²) in [7, 11) is 1.27. The molecule has 6 nitrogen and oxygen atoms in total. The van der Waals surface area contributed by atoms with Crippen LogP contribution in [0.5, 0.6) is 0 Å². The van der Waals surface area contributed by atoms with Gasteiger partial charge in [0.15, 0.2) is 0 Å². The summed E-state index contributed by atoms with van der Waals surface area (Å²) in [6.45, 7) is 0. The largest absolute Gasteiger partial charge is 0.481 e. The van der Waals surface area contributed by atoms with Crippen molar-refractivity contribution >= 4 is 23.5 Å². The Kier molecular flexibility index (Phi) is 3.90. The molecule has 3 rings (SSSR count). The zero-order valence-corrected chi connectivity index (χ0v) is 12.6.